The fourth-order valence-corrected chi connectivity index (χ4v) is 3.14. The number of hydrogen-bond acceptors (Lipinski definition) is 5. The van der Waals surface area contributed by atoms with E-state index in [0.29, 0.717) is 16.9 Å². The number of sulfonamides is 1. The number of carbonyl (C=O) groups is 2. The van der Waals surface area contributed by atoms with Crippen molar-refractivity contribution >= 4 is 21.8 Å². The lowest BCUT2D eigenvalue weighted by molar-refractivity contribution is -0.136. The van der Waals surface area contributed by atoms with Crippen LogP contribution in [0.5, 0.6) is 0 Å². The zero-order valence-electron chi connectivity index (χ0n) is 14.7. The van der Waals surface area contributed by atoms with Gasteiger partial charge in [0.15, 0.2) is 6.61 Å². The molecule has 1 aromatic heterocycles. The Morgan fingerprint density at radius 3 is 2.35 bits per heavy atom. The lowest BCUT2D eigenvalue weighted by Crippen LogP contribution is -2.13. The number of nitrogens with zero attached hydrogens (tertiary/aromatic N) is 1. The maximum Gasteiger partial charge on any atom is 0.330 e. The number of carbonyl (C=O) groups excluding carboxylic acids is 2. The molecule has 0 radical (unpaired) electrons. The maximum atomic E-state index is 12.3. The van der Waals surface area contributed by atoms with Gasteiger partial charge in [0.1, 0.15) is 0 Å². The Bertz CT molecular complexity index is 970. The summed E-state index contributed by atoms with van der Waals surface area (Å²) >= 11 is 0. The van der Waals surface area contributed by atoms with Crippen LogP contribution in [0.4, 0.5) is 0 Å². The van der Waals surface area contributed by atoms with Crippen molar-refractivity contribution in [3.8, 4) is 5.69 Å². The largest absolute Gasteiger partial charge is 0.454 e. The molecular weight excluding hydrogens is 356 g/mol. The molecule has 2 N–H and O–H groups in total. The fourth-order valence-electron chi connectivity index (χ4n) is 2.63. The Kier molecular flexibility index (Phi) is 5.79. The highest BCUT2D eigenvalue weighted by Crippen LogP contribution is 2.22. The van der Waals surface area contributed by atoms with Gasteiger partial charge >= 0.3 is 5.97 Å². The summed E-state index contributed by atoms with van der Waals surface area (Å²) in [7, 11) is -3.77. The van der Waals surface area contributed by atoms with Gasteiger partial charge in [0.05, 0.1) is 4.90 Å². The molecule has 0 unspecified atom stereocenters. The maximum absolute atomic E-state index is 12.3. The first-order valence-electron chi connectivity index (χ1n) is 7.80. The minimum Gasteiger partial charge on any atom is -0.454 e. The molecular formula is C18H20N2O5S. The second-order valence-electron chi connectivity index (χ2n) is 5.69. The van der Waals surface area contributed by atoms with Crippen LogP contribution in [0.1, 0.15) is 28.7 Å². The minimum absolute atomic E-state index is 0.0101. The highest BCUT2D eigenvalue weighted by atomic mass is 32.2. The van der Waals surface area contributed by atoms with Crippen molar-refractivity contribution in [3.63, 3.8) is 0 Å². The number of Topliss-reactive ketones (excluding diaryl/α,β-unsaturated/α-hetero) is 1. The van der Waals surface area contributed by atoms with Gasteiger partial charge in [-0.15, -0.1) is 0 Å². The average molecular weight is 376 g/mol. The van der Waals surface area contributed by atoms with Gasteiger partial charge in [-0.05, 0) is 51.1 Å². The third kappa shape index (κ3) is 4.27. The van der Waals surface area contributed by atoms with E-state index in [1.165, 1.54) is 24.3 Å². The molecule has 0 saturated carbocycles. The van der Waals surface area contributed by atoms with E-state index in [9.17, 15) is 18.0 Å². The first-order valence-corrected chi connectivity index (χ1v) is 9.34. The van der Waals surface area contributed by atoms with Crippen molar-refractivity contribution in [3.05, 3.63) is 59.4 Å². The molecule has 0 spiro atoms. The monoisotopic (exact) mass is 376 g/mol. The van der Waals surface area contributed by atoms with Crippen LogP contribution in [0.15, 0.2) is 47.4 Å². The second kappa shape index (κ2) is 7.67. The molecule has 2 aromatic rings. The van der Waals surface area contributed by atoms with Crippen LogP contribution in [-0.2, 0) is 19.6 Å². The summed E-state index contributed by atoms with van der Waals surface area (Å²) in [5.74, 6) is -0.892. The predicted molar refractivity (Wildman–Crippen MR) is 96.7 cm³/mol. The van der Waals surface area contributed by atoms with E-state index in [-0.39, 0.29) is 17.3 Å². The smallest absolute Gasteiger partial charge is 0.330 e. The first kappa shape index (κ1) is 19.6. The summed E-state index contributed by atoms with van der Waals surface area (Å²) in [5.41, 5.74) is 2.58. The molecule has 138 valence electrons. The van der Waals surface area contributed by atoms with Gasteiger partial charge in [0.2, 0.25) is 15.8 Å². The fraction of sp³-hybridized carbons (Fsp3) is 0.222. The molecule has 8 heteroatoms. The molecule has 1 heterocycles. The topological polar surface area (TPSA) is 108 Å². The lowest BCUT2D eigenvalue weighted by Gasteiger charge is -2.10. The zero-order chi connectivity index (χ0) is 19.5. The van der Waals surface area contributed by atoms with E-state index >= 15 is 0 Å². The molecule has 2 rings (SSSR count). The number of ketones is 1. The Morgan fingerprint density at radius 1 is 1.19 bits per heavy atom. The van der Waals surface area contributed by atoms with Gasteiger partial charge in [-0.2, -0.15) is 0 Å². The van der Waals surface area contributed by atoms with Gasteiger partial charge in [-0.3, -0.25) is 4.79 Å². The van der Waals surface area contributed by atoms with Crippen LogP contribution in [-0.4, -0.2) is 31.3 Å². The van der Waals surface area contributed by atoms with Gasteiger partial charge < -0.3 is 9.30 Å². The Morgan fingerprint density at radius 2 is 1.81 bits per heavy atom. The number of nitrogens with two attached hydrogens (primary N) is 1. The molecule has 1 aromatic carbocycles. The number of aryl methyl sites for hydroxylation is 1. The van der Waals surface area contributed by atoms with Crippen LogP contribution in [0, 0.1) is 13.8 Å². The number of rotatable bonds is 6. The Labute approximate surface area is 152 Å². The number of primary sulfonamides is 1. The van der Waals surface area contributed by atoms with Gasteiger partial charge in [0.25, 0.3) is 0 Å². The number of allylic oxidation sites excluding steroid dienone is 1. The highest BCUT2D eigenvalue weighted by molar-refractivity contribution is 7.89. The highest BCUT2D eigenvalue weighted by Gasteiger charge is 2.18. The quantitative estimate of drug-likeness (QED) is 0.471. The molecule has 0 saturated heterocycles. The van der Waals surface area contributed by atoms with Crippen LogP contribution in [0.2, 0.25) is 0 Å². The number of esters is 1. The first-order chi connectivity index (χ1) is 12.1. The van der Waals surface area contributed by atoms with E-state index in [0.717, 1.165) is 5.69 Å². The molecule has 0 amide bonds. The Hall–Kier alpha value is -2.71. The molecule has 0 aliphatic heterocycles. The van der Waals surface area contributed by atoms with Crippen LogP contribution in [0.25, 0.3) is 5.69 Å². The summed E-state index contributed by atoms with van der Waals surface area (Å²) < 4.78 is 29.4. The van der Waals surface area contributed by atoms with E-state index in [1.807, 2.05) is 11.5 Å². The number of benzene rings is 1. The SMILES string of the molecule is C/C=C/C(=O)OCC(=O)c1cc(C)n(-c2ccc(S(N)(=O)=O)cc2)c1C. The van der Waals surface area contributed by atoms with Crippen molar-refractivity contribution in [2.45, 2.75) is 25.7 Å². The van der Waals surface area contributed by atoms with Gasteiger partial charge in [-0.25, -0.2) is 18.4 Å². The molecule has 26 heavy (non-hydrogen) atoms. The third-order valence-electron chi connectivity index (χ3n) is 3.80. The lowest BCUT2D eigenvalue weighted by atomic mass is 10.1. The van der Waals surface area contributed by atoms with Crippen LogP contribution >= 0.6 is 0 Å². The average Bonchev–Trinajstić information content (AvgIpc) is 2.87. The number of ether oxygens (including phenoxy) is 1. The van der Waals surface area contributed by atoms with Crippen LogP contribution in [0.3, 0.4) is 0 Å². The summed E-state index contributed by atoms with van der Waals surface area (Å²) in [4.78, 5) is 23.7. The van der Waals surface area contributed by atoms with Crippen molar-refractivity contribution in [2.24, 2.45) is 5.14 Å². The number of aromatic nitrogens is 1. The molecule has 0 aliphatic rings. The molecule has 0 atom stereocenters. The Balaban J connectivity index is 2.30. The van der Waals surface area contributed by atoms with E-state index in [2.05, 4.69) is 0 Å². The minimum atomic E-state index is -3.77. The zero-order valence-corrected chi connectivity index (χ0v) is 15.5. The number of hydrogen-bond donors (Lipinski definition) is 1. The molecule has 7 nitrogen and oxygen atoms in total. The summed E-state index contributed by atoms with van der Waals surface area (Å²) in [5, 5.41) is 5.10. The van der Waals surface area contributed by atoms with Crippen molar-refractivity contribution in [1.82, 2.24) is 4.57 Å². The molecule has 0 fully saturated rings. The van der Waals surface area contributed by atoms with E-state index < -0.39 is 16.0 Å². The van der Waals surface area contributed by atoms with E-state index in [4.69, 9.17) is 9.88 Å². The standard InChI is InChI=1S/C18H20N2O5S/c1-4-5-18(22)25-11-17(21)16-10-12(2)20(13(16)3)14-6-8-15(9-7-14)26(19,23)24/h4-10H,11H2,1-3H3,(H2,19,23,24)/b5-4+. The summed E-state index contributed by atoms with van der Waals surface area (Å²) in [6.45, 7) is 4.92. The van der Waals surface area contributed by atoms with Gasteiger partial charge in [0, 0.05) is 28.7 Å². The van der Waals surface area contributed by atoms with Gasteiger partial charge in [-0.1, -0.05) is 6.08 Å². The summed E-state index contributed by atoms with van der Waals surface area (Å²) in [6.07, 6.45) is 2.77. The third-order valence-corrected chi connectivity index (χ3v) is 4.73. The van der Waals surface area contributed by atoms with Crippen LogP contribution < -0.4 is 5.14 Å². The normalized spacial score (nSPS) is 11.7. The second-order valence-corrected chi connectivity index (χ2v) is 7.25. The summed E-state index contributed by atoms with van der Waals surface area (Å²) in [6, 6.07) is 7.74. The molecule has 0 aliphatic carbocycles. The van der Waals surface area contributed by atoms with Crippen molar-refractivity contribution < 1.29 is 22.7 Å². The van der Waals surface area contributed by atoms with E-state index in [1.54, 1.807) is 32.0 Å². The van der Waals surface area contributed by atoms with Crippen molar-refractivity contribution in [2.75, 3.05) is 6.61 Å². The molecule has 0 bridgehead atoms. The van der Waals surface area contributed by atoms with Crippen molar-refractivity contribution in [1.29, 1.82) is 0 Å². The predicted octanol–water partition coefficient (Wildman–Crippen LogP) is 2.04.